The third kappa shape index (κ3) is 5.76. The number of para-hydroxylation sites is 1. The average molecular weight is 408 g/mol. The van der Waals surface area contributed by atoms with E-state index in [9.17, 15) is 9.59 Å². The Morgan fingerprint density at radius 2 is 1.90 bits per heavy atom. The largest absolute Gasteiger partial charge is 0.487 e. The zero-order chi connectivity index (χ0) is 20.6. The van der Waals surface area contributed by atoms with Crippen molar-refractivity contribution in [3.05, 3.63) is 81.8 Å². The molecule has 6 nitrogen and oxygen atoms in total. The number of ether oxygens (including phenoxy) is 2. The number of nitrogens with one attached hydrogen (secondary N) is 1. The first-order valence-corrected chi connectivity index (χ1v) is 9.73. The molecule has 0 fully saturated rings. The number of amides is 1. The van der Waals surface area contributed by atoms with Crippen molar-refractivity contribution in [3.63, 3.8) is 0 Å². The number of aromatic nitrogens is 1. The second kappa shape index (κ2) is 9.66. The summed E-state index contributed by atoms with van der Waals surface area (Å²) in [5, 5.41) is 5.68. The zero-order valence-electron chi connectivity index (χ0n) is 16.0. The Morgan fingerprint density at radius 3 is 2.59 bits per heavy atom. The fraction of sp³-hybridized carbons (Fsp3) is 0.136. The number of benzene rings is 2. The zero-order valence-corrected chi connectivity index (χ0v) is 16.9. The Balaban J connectivity index is 1.57. The SMILES string of the molecule is COC(=O)c1ccccc1NC(=O)/C=C/c1ccc(OCc2csc(C)n2)cc1. The van der Waals surface area contributed by atoms with Crippen LogP contribution in [0.25, 0.3) is 6.08 Å². The van der Waals surface area contributed by atoms with E-state index in [0.717, 1.165) is 22.0 Å². The number of nitrogens with zero attached hydrogens (tertiary/aromatic N) is 1. The Labute approximate surface area is 172 Å². The monoisotopic (exact) mass is 408 g/mol. The van der Waals surface area contributed by atoms with Crippen molar-refractivity contribution in [2.24, 2.45) is 0 Å². The maximum absolute atomic E-state index is 12.2. The van der Waals surface area contributed by atoms with Gasteiger partial charge in [-0.1, -0.05) is 24.3 Å². The van der Waals surface area contributed by atoms with Crippen molar-refractivity contribution in [1.29, 1.82) is 0 Å². The highest BCUT2D eigenvalue weighted by atomic mass is 32.1. The summed E-state index contributed by atoms with van der Waals surface area (Å²) in [5.74, 6) is -0.127. The van der Waals surface area contributed by atoms with Gasteiger partial charge in [0, 0.05) is 11.5 Å². The highest BCUT2D eigenvalue weighted by molar-refractivity contribution is 7.09. The minimum Gasteiger partial charge on any atom is -0.487 e. The van der Waals surface area contributed by atoms with Crippen molar-refractivity contribution in [3.8, 4) is 5.75 Å². The minimum absolute atomic E-state index is 0.300. The van der Waals surface area contributed by atoms with Crippen LogP contribution in [-0.2, 0) is 16.1 Å². The topological polar surface area (TPSA) is 77.5 Å². The lowest BCUT2D eigenvalue weighted by atomic mass is 10.1. The van der Waals surface area contributed by atoms with E-state index in [1.54, 1.807) is 41.7 Å². The van der Waals surface area contributed by atoms with E-state index in [1.165, 1.54) is 13.2 Å². The van der Waals surface area contributed by atoms with Gasteiger partial charge in [-0.25, -0.2) is 9.78 Å². The van der Waals surface area contributed by atoms with Crippen LogP contribution in [0.15, 0.2) is 60.0 Å². The van der Waals surface area contributed by atoms with Crippen LogP contribution in [0.4, 0.5) is 5.69 Å². The number of carbonyl (C=O) groups excluding carboxylic acids is 2. The molecule has 0 atom stereocenters. The molecule has 0 unspecified atom stereocenters. The van der Waals surface area contributed by atoms with Crippen molar-refractivity contribution >= 4 is 35.0 Å². The van der Waals surface area contributed by atoms with Crippen molar-refractivity contribution < 1.29 is 19.1 Å². The highest BCUT2D eigenvalue weighted by Gasteiger charge is 2.12. The van der Waals surface area contributed by atoms with Gasteiger partial charge >= 0.3 is 5.97 Å². The third-order valence-corrected chi connectivity index (χ3v) is 4.77. The smallest absolute Gasteiger partial charge is 0.339 e. The Morgan fingerprint density at radius 1 is 1.14 bits per heavy atom. The number of esters is 1. The van der Waals surface area contributed by atoms with Crippen LogP contribution in [0.1, 0.15) is 26.6 Å². The van der Waals surface area contributed by atoms with Gasteiger partial charge in [0.05, 0.1) is 29.1 Å². The van der Waals surface area contributed by atoms with Crippen LogP contribution in [0.2, 0.25) is 0 Å². The van der Waals surface area contributed by atoms with E-state index in [1.807, 2.05) is 36.6 Å². The van der Waals surface area contributed by atoms with Gasteiger partial charge in [-0.2, -0.15) is 0 Å². The first-order chi connectivity index (χ1) is 14.0. The predicted octanol–water partition coefficient (Wildman–Crippen LogP) is 4.47. The lowest BCUT2D eigenvalue weighted by Crippen LogP contribution is -2.12. The third-order valence-electron chi connectivity index (χ3n) is 3.95. The summed E-state index contributed by atoms with van der Waals surface area (Å²) >= 11 is 1.59. The van der Waals surface area contributed by atoms with Gasteiger partial charge in [0.1, 0.15) is 12.4 Å². The molecule has 29 heavy (non-hydrogen) atoms. The number of hydrogen-bond acceptors (Lipinski definition) is 6. The average Bonchev–Trinajstić information content (AvgIpc) is 3.16. The first-order valence-electron chi connectivity index (χ1n) is 8.85. The molecule has 1 aromatic heterocycles. The first kappa shape index (κ1) is 20.3. The van der Waals surface area contributed by atoms with E-state index in [2.05, 4.69) is 10.3 Å². The molecule has 0 saturated heterocycles. The summed E-state index contributed by atoms with van der Waals surface area (Å²) in [4.78, 5) is 28.3. The van der Waals surface area contributed by atoms with E-state index < -0.39 is 5.97 Å². The molecule has 3 aromatic rings. The molecule has 0 bridgehead atoms. The summed E-state index contributed by atoms with van der Waals surface area (Å²) in [6.07, 6.45) is 3.09. The summed E-state index contributed by atoms with van der Waals surface area (Å²) in [6.45, 7) is 2.38. The van der Waals surface area contributed by atoms with Crippen LogP contribution in [-0.4, -0.2) is 24.0 Å². The molecular formula is C22H20N2O4S. The van der Waals surface area contributed by atoms with Crippen molar-refractivity contribution in [1.82, 2.24) is 4.98 Å². The molecule has 7 heteroatoms. The number of hydrogen-bond donors (Lipinski definition) is 1. The van der Waals surface area contributed by atoms with Gasteiger partial charge in [0.2, 0.25) is 5.91 Å². The van der Waals surface area contributed by atoms with E-state index in [0.29, 0.717) is 17.9 Å². The molecule has 0 saturated carbocycles. The second-order valence-corrected chi connectivity index (χ2v) is 7.14. The molecule has 0 aliphatic carbocycles. The Bertz CT molecular complexity index is 1030. The van der Waals surface area contributed by atoms with Crippen LogP contribution in [0.5, 0.6) is 5.75 Å². The summed E-state index contributed by atoms with van der Waals surface area (Å²) in [6, 6.07) is 14.1. The van der Waals surface area contributed by atoms with Crippen LogP contribution in [0, 0.1) is 6.92 Å². The molecular weight excluding hydrogens is 388 g/mol. The lowest BCUT2D eigenvalue weighted by Gasteiger charge is -2.07. The molecule has 2 aromatic carbocycles. The van der Waals surface area contributed by atoms with E-state index in [-0.39, 0.29) is 5.91 Å². The van der Waals surface area contributed by atoms with Crippen LogP contribution in [0.3, 0.4) is 0 Å². The van der Waals surface area contributed by atoms with E-state index >= 15 is 0 Å². The number of thiazole rings is 1. The highest BCUT2D eigenvalue weighted by Crippen LogP contribution is 2.18. The standard InChI is InChI=1S/C22H20N2O4S/c1-15-23-17(14-29-15)13-28-18-10-7-16(8-11-18)9-12-21(25)24-20-6-4-3-5-19(20)22(26)27-2/h3-12,14H,13H2,1-2H3,(H,24,25)/b12-9+. The van der Waals surface area contributed by atoms with Gasteiger partial charge in [0.15, 0.2) is 0 Å². The number of anilines is 1. The predicted molar refractivity (Wildman–Crippen MR) is 113 cm³/mol. The number of rotatable bonds is 7. The molecule has 3 rings (SSSR count). The summed E-state index contributed by atoms with van der Waals surface area (Å²) in [5.41, 5.74) is 2.45. The normalized spacial score (nSPS) is 10.7. The van der Waals surface area contributed by atoms with Gasteiger partial charge in [-0.15, -0.1) is 11.3 Å². The Hall–Kier alpha value is -3.45. The summed E-state index contributed by atoms with van der Waals surface area (Å²) in [7, 11) is 1.30. The molecule has 0 spiro atoms. The van der Waals surface area contributed by atoms with Gasteiger partial charge in [-0.05, 0) is 42.8 Å². The fourth-order valence-electron chi connectivity index (χ4n) is 2.53. The van der Waals surface area contributed by atoms with Crippen molar-refractivity contribution in [2.45, 2.75) is 13.5 Å². The number of aryl methyl sites for hydroxylation is 1. The van der Waals surface area contributed by atoms with Crippen LogP contribution < -0.4 is 10.1 Å². The molecule has 0 aliphatic heterocycles. The maximum atomic E-state index is 12.2. The molecule has 0 radical (unpaired) electrons. The van der Waals surface area contributed by atoms with Crippen LogP contribution >= 0.6 is 11.3 Å². The van der Waals surface area contributed by atoms with Gasteiger partial charge < -0.3 is 14.8 Å². The second-order valence-electron chi connectivity index (χ2n) is 6.08. The fourth-order valence-corrected chi connectivity index (χ4v) is 3.13. The number of methoxy groups -OCH3 is 1. The molecule has 1 N–H and O–H groups in total. The maximum Gasteiger partial charge on any atom is 0.339 e. The Kier molecular flexibility index (Phi) is 6.76. The minimum atomic E-state index is -0.506. The molecule has 0 aliphatic rings. The lowest BCUT2D eigenvalue weighted by molar-refractivity contribution is -0.111. The molecule has 1 amide bonds. The van der Waals surface area contributed by atoms with Gasteiger partial charge in [-0.3, -0.25) is 4.79 Å². The van der Waals surface area contributed by atoms with E-state index in [4.69, 9.17) is 9.47 Å². The van der Waals surface area contributed by atoms with Gasteiger partial charge in [0.25, 0.3) is 0 Å². The summed E-state index contributed by atoms with van der Waals surface area (Å²) < 4.78 is 10.4. The van der Waals surface area contributed by atoms with Crippen molar-refractivity contribution in [2.75, 3.05) is 12.4 Å². The quantitative estimate of drug-likeness (QED) is 0.461. The number of carbonyl (C=O) groups is 2. The molecule has 148 valence electrons. The molecule has 1 heterocycles.